The molecule has 1 aromatic heterocycles. The number of nitrogens with zero attached hydrogens (tertiary/aromatic N) is 1. The van der Waals surface area contributed by atoms with Gasteiger partial charge in [0, 0.05) is 6.07 Å². The van der Waals surface area contributed by atoms with Crippen molar-refractivity contribution in [1.29, 1.82) is 0 Å². The molecule has 3 rings (SSSR count). The van der Waals surface area contributed by atoms with E-state index in [1.165, 1.54) is 35.1 Å². The Morgan fingerprint density at radius 1 is 1.14 bits per heavy atom. The molecule has 1 aliphatic rings. The van der Waals surface area contributed by atoms with Crippen LogP contribution in [0.2, 0.25) is 0 Å². The molecule has 0 N–H and O–H groups in total. The first-order valence-electron chi connectivity index (χ1n) is 10.9. The summed E-state index contributed by atoms with van der Waals surface area (Å²) in [6.07, 6.45) is 7.47. The van der Waals surface area contributed by atoms with Crippen molar-refractivity contribution in [3.05, 3.63) is 52.4 Å². The van der Waals surface area contributed by atoms with Gasteiger partial charge in [0.2, 0.25) is 0 Å². The quantitative estimate of drug-likeness (QED) is 0.522. The minimum absolute atomic E-state index is 0.172. The zero-order valence-corrected chi connectivity index (χ0v) is 19.0. The van der Waals surface area contributed by atoms with Crippen LogP contribution in [-0.2, 0) is 17.3 Å². The summed E-state index contributed by atoms with van der Waals surface area (Å²) < 4.78 is 5.41. The summed E-state index contributed by atoms with van der Waals surface area (Å²) in [4.78, 5) is 0. The van der Waals surface area contributed by atoms with Crippen LogP contribution in [0.5, 0.6) is 0 Å². The molecule has 1 heterocycles. The Bertz CT molecular complexity index is 853. The summed E-state index contributed by atoms with van der Waals surface area (Å²) in [5.74, 6) is 1.85. The number of benzene rings is 1. The molecule has 0 saturated heterocycles. The maximum absolute atomic E-state index is 5.41. The third kappa shape index (κ3) is 3.47. The SMILES string of the molecule is CCCCc1cc2c(cc1/C(=C/c1ccno1)C(C)C)C(C)(C)C(C)C2(C)C. The standard InChI is InChI=1S/C26H37NO/c1-9-10-11-19-14-23-24(26(7,8)18(4)25(23,5)6)16-22(19)21(17(2)3)15-20-12-13-27-28-20/h12-18H,9-11H2,1-8H3/b21-15+. The second kappa shape index (κ2) is 7.54. The predicted octanol–water partition coefficient (Wildman–Crippen LogP) is 7.42. The second-order valence-corrected chi connectivity index (χ2v) is 9.99. The maximum atomic E-state index is 5.41. The number of aromatic nitrogens is 1. The van der Waals surface area contributed by atoms with Gasteiger partial charge in [0.15, 0.2) is 5.76 Å². The summed E-state index contributed by atoms with van der Waals surface area (Å²) in [6.45, 7) is 18.9. The van der Waals surface area contributed by atoms with Crippen molar-refractivity contribution in [2.24, 2.45) is 11.8 Å². The number of fused-ring (bicyclic) bond motifs is 1. The highest BCUT2D eigenvalue weighted by Crippen LogP contribution is 2.54. The minimum Gasteiger partial charge on any atom is -0.357 e. The van der Waals surface area contributed by atoms with Gasteiger partial charge in [-0.3, -0.25) is 0 Å². The average Bonchev–Trinajstić information content (AvgIpc) is 3.19. The van der Waals surface area contributed by atoms with E-state index in [4.69, 9.17) is 4.52 Å². The van der Waals surface area contributed by atoms with E-state index < -0.39 is 0 Å². The molecule has 1 aliphatic carbocycles. The molecule has 0 amide bonds. The molecule has 0 fully saturated rings. The fraction of sp³-hybridized carbons (Fsp3) is 0.577. The smallest absolute Gasteiger partial charge is 0.159 e. The van der Waals surface area contributed by atoms with Crippen molar-refractivity contribution in [3.8, 4) is 0 Å². The molecule has 1 aromatic carbocycles. The lowest BCUT2D eigenvalue weighted by atomic mass is 9.71. The van der Waals surface area contributed by atoms with E-state index in [-0.39, 0.29) is 10.8 Å². The van der Waals surface area contributed by atoms with Gasteiger partial charge in [0.1, 0.15) is 0 Å². The Balaban J connectivity index is 2.24. The van der Waals surface area contributed by atoms with Crippen LogP contribution in [-0.4, -0.2) is 5.16 Å². The molecular weight excluding hydrogens is 342 g/mol. The Labute approximate surface area is 171 Å². The lowest BCUT2D eigenvalue weighted by Crippen LogP contribution is -2.30. The van der Waals surface area contributed by atoms with Gasteiger partial charge < -0.3 is 4.52 Å². The third-order valence-corrected chi connectivity index (χ3v) is 7.29. The Kier molecular flexibility index (Phi) is 5.62. The van der Waals surface area contributed by atoms with Gasteiger partial charge in [-0.2, -0.15) is 0 Å². The highest BCUT2D eigenvalue weighted by molar-refractivity contribution is 5.83. The van der Waals surface area contributed by atoms with Gasteiger partial charge >= 0.3 is 0 Å². The van der Waals surface area contributed by atoms with Crippen LogP contribution in [0.4, 0.5) is 0 Å². The lowest BCUT2D eigenvalue weighted by Gasteiger charge is -2.32. The lowest BCUT2D eigenvalue weighted by molar-refractivity contribution is 0.264. The first-order chi connectivity index (χ1) is 13.1. The van der Waals surface area contributed by atoms with Crippen LogP contribution in [0.1, 0.15) is 96.2 Å². The highest BCUT2D eigenvalue weighted by atomic mass is 16.5. The van der Waals surface area contributed by atoms with Crippen LogP contribution >= 0.6 is 0 Å². The van der Waals surface area contributed by atoms with E-state index in [0.717, 1.165) is 12.2 Å². The van der Waals surface area contributed by atoms with Crippen LogP contribution < -0.4 is 0 Å². The van der Waals surface area contributed by atoms with Gasteiger partial charge in [0.25, 0.3) is 0 Å². The van der Waals surface area contributed by atoms with E-state index in [9.17, 15) is 0 Å². The zero-order valence-electron chi connectivity index (χ0n) is 19.0. The molecule has 0 bridgehead atoms. The molecular formula is C26H37NO. The minimum atomic E-state index is 0.172. The molecule has 0 aliphatic heterocycles. The van der Waals surface area contributed by atoms with Crippen LogP contribution in [0, 0.1) is 11.8 Å². The number of rotatable bonds is 6. The second-order valence-electron chi connectivity index (χ2n) is 9.99. The topological polar surface area (TPSA) is 26.0 Å². The summed E-state index contributed by atoms with van der Waals surface area (Å²) in [5.41, 5.74) is 7.66. The zero-order chi connectivity index (χ0) is 20.7. The van der Waals surface area contributed by atoms with Crippen molar-refractivity contribution in [3.63, 3.8) is 0 Å². The fourth-order valence-corrected chi connectivity index (χ4v) is 4.93. The van der Waals surface area contributed by atoms with Gasteiger partial charge in [-0.1, -0.05) is 79.1 Å². The van der Waals surface area contributed by atoms with E-state index in [1.54, 1.807) is 11.8 Å². The fourth-order valence-electron chi connectivity index (χ4n) is 4.93. The van der Waals surface area contributed by atoms with Crippen molar-refractivity contribution >= 4 is 11.6 Å². The molecule has 152 valence electrons. The van der Waals surface area contributed by atoms with Crippen LogP contribution in [0.3, 0.4) is 0 Å². The molecule has 2 heteroatoms. The molecule has 2 aromatic rings. The maximum Gasteiger partial charge on any atom is 0.159 e. The van der Waals surface area contributed by atoms with Crippen molar-refractivity contribution in [2.45, 2.75) is 85.5 Å². The van der Waals surface area contributed by atoms with Crippen LogP contribution in [0.25, 0.3) is 11.6 Å². The largest absolute Gasteiger partial charge is 0.357 e. The molecule has 0 saturated carbocycles. The molecule has 2 nitrogen and oxygen atoms in total. The Hall–Kier alpha value is -1.83. The first kappa shape index (κ1) is 20.9. The van der Waals surface area contributed by atoms with E-state index in [0.29, 0.717) is 11.8 Å². The van der Waals surface area contributed by atoms with Gasteiger partial charge in [-0.05, 0) is 69.4 Å². The normalized spacial score (nSPS) is 20.6. The van der Waals surface area contributed by atoms with Crippen LogP contribution in [0.15, 0.2) is 28.9 Å². The van der Waals surface area contributed by atoms with Crippen molar-refractivity contribution in [2.75, 3.05) is 0 Å². The number of hydrogen-bond donors (Lipinski definition) is 0. The molecule has 1 unspecified atom stereocenters. The van der Waals surface area contributed by atoms with E-state index >= 15 is 0 Å². The highest BCUT2D eigenvalue weighted by Gasteiger charge is 2.48. The molecule has 28 heavy (non-hydrogen) atoms. The summed E-state index contributed by atoms with van der Waals surface area (Å²) in [5, 5.41) is 3.89. The number of allylic oxidation sites excluding steroid dienone is 1. The molecule has 1 atom stereocenters. The van der Waals surface area contributed by atoms with E-state index in [1.807, 2.05) is 6.07 Å². The Morgan fingerprint density at radius 2 is 1.79 bits per heavy atom. The van der Waals surface area contributed by atoms with Crippen molar-refractivity contribution < 1.29 is 4.52 Å². The number of aryl methyl sites for hydroxylation is 1. The first-order valence-corrected chi connectivity index (χ1v) is 10.9. The summed E-state index contributed by atoms with van der Waals surface area (Å²) >= 11 is 0. The monoisotopic (exact) mass is 379 g/mol. The average molecular weight is 380 g/mol. The van der Waals surface area contributed by atoms with Gasteiger partial charge in [-0.25, -0.2) is 0 Å². The number of unbranched alkanes of at least 4 members (excludes halogenated alkanes) is 1. The van der Waals surface area contributed by atoms with Crippen molar-refractivity contribution in [1.82, 2.24) is 5.16 Å². The predicted molar refractivity (Wildman–Crippen MR) is 119 cm³/mol. The molecule has 0 spiro atoms. The molecule has 0 radical (unpaired) electrons. The summed E-state index contributed by atoms with van der Waals surface area (Å²) in [7, 11) is 0. The summed E-state index contributed by atoms with van der Waals surface area (Å²) in [6, 6.07) is 6.98. The Morgan fingerprint density at radius 3 is 2.32 bits per heavy atom. The number of hydrogen-bond acceptors (Lipinski definition) is 2. The van der Waals surface area contributed by atoms with E-state index in [2.05, 4.69) is 78.8 Å². The third-order valence-electron chi connectivity index (χ3n) is 7.29. The van der Waals surface area contributed by atoms with Gasteiger partial charge in [0.05, 0.1) is 6.20 Å². The van der Waals surface area contributed by atoms with Gasteiger partial charge in [-0.15, -0.1) is 0 Å².